The molecule has 14 heteroatoms. The molecule has 0 saturated carbocycles. The van der Waals surface area contributed by atoms with Gasteiger partial charge in [0.25, 0.3) is 5.56 Å². The summed E-state index contributed by atoms with van der Waals surface area (Å²) in [4.78, 5) is 40.9. The number of nitrogens with one attached hydrogen (secondary N) is 1. The molecule has 5 rings (SSSR count). The number of nitrogens with zero attached hydrogens (tertiary/aromatic N) is 2. The zero-order valence-electron chi connectivity index (χ0n) is 27.4. The number of carbonyl (C=O) groups is 2. The summed E-state index contributed by atoms with van der Waals surface area (Å²) < 4.78 is 102. The smallest absolute Gasteiger partial charge is 0.416 e. The number of amides is 1. The third-order valence-corrected chi connectivity index (χ3v) is 9.42. The fraction of sp³-hybridized carbons (Fsp3) is 0.472. The van der Waals surface area contributed by atoms with Crippen LogP contribution in [0.2, 0.25) is 0 Å². The first kappa shape index (κ1) is 37.1. The number of carboxylic acid groups (broad SMARTS) is 1. The maximum atomic E-state index is 15.8. The Bertz CT molecular complexity index is 1800. The summed E-state index contributed by atoms with van der Waals surface area (Å²) in [6.45, 7) is 1.61. The van der Waals surface area contributed by atoms with Gasteiger partial charge in [-0.1, -0.05) is 25.7 Å². The second-order valence-corrected chi connectivity index (χ2v) is 13.2. The van der Waals surface area contributed by atoms with Crippen LogP contribution in [0.4, 0.5) is 30.7 Å². The van der Waals surface area contributed by atoms with E-state index in [9.17, 15) is 41.4 Å². The van der Waals surface area contributed by atoms with Crippen molar-refractivity contribution in [2.75, 3.05) is 19.6 Å². The first-order valence-electron chi connectivity index (χ1n) is 16.6. The Labute approximate surface area is 284 Å². The molecule has 1 saturated heterocycles. The zero-order valence-corrected chi connectivity index (χ0v) is 27.4. The topological polar surface area (TPSA) is 91.6 Å². The average molecular weight is 710 g/mol. The predicted octanol–water partition coefficient (Wildman–Crippen LogP) is 7.23. The number of rotatable bonds is 6. The second-order valence-electron chi connectivity index (χ2n) is 13.2. The van der Waals surface area contributed by atoms with E-state index in [0.29, 0.717) is 56.2 Å². The van der Waals surface area contributed by atoms with Gasteiger partial charge in [0.2, 0.25) is 5.91 Å². The SMILES string of the molecule is Cc1cc2cc(c1F)[C@H](CC(=O)O)NC(=O)[C@@H](n1cc(CCN3CC(F)C3)c(C(F)(F)F)cc1=O)CCCCCCCc1cc(F)cc(F)c1-2. The lowest BCUT2D eigenvalue weighted by Crippen LogP contribution is -2.49. The van der Waals surface area contributed by atoms with Crippen LogP contribution in [-0.4, -0.2) is 52.3 Å². The number of fused-ring (bicyclic) bond motifs is 4. The van der Waals surface area contributed by atoms with Gasteiger partial charge in [-0.3, -0.25) is 19.3 Å². The van der Waals surface area contributed by atoms with Crippen LogP contribution >= 0.6 is 0 Å². The number of benzene rings is 2. The Morgan fingerprint density at radius 2 is 1.68 bits per heavy atom. The molecule has 2 aromatic carbocycles. The third-order valence-electron chi connectivity index (χ3n) is 9.42. The van der Waals surface area contributed by atoms with Crippen LogP contribution < -0.4 is 10.9 Å². The highest BCUT2D eigenvalue weighted by atomic mass is 19.4. The maximum absolute atomic E-state index is 15.8. The molecule has 2 aliphatic rings. The second kappa shape index (κ2) is 15.4. The van der Waals surface area contributed by atoms with E-state index in [2.05, 4.69) is 5.32 Å². The monoisotopic (exact) mass is 709 g/mol. The first-order valence-corrected chi connectivity index (χ1v) is 16.6. The van der Waals surface area contributed by atoms with E-state index in [-0.39, 0.29) is 60.3 Å². The molecule has 2 aliphatic heterocycles. The molecular weight excluding hydrogens is 671 g/mol. The lowest BCUT2D eigenvalue weighted by Gasteiger charge is -2.34. The largest absolute Gasteiger partial charge is 0.481 e. The summed E-state index contributed by atoms with van der Waals surface area (Å²) >= 11 is 0. The number of pyridine rings is 1. The minimum absolute atomic E-state index is 0.000589. The van der Waals surface area contributed by atoms with Gasteiger partial charge in [-0.2, -0.15) is 13.2 Å². The van der Waals surface area contributed by atoms with Crippen LogP contribution in [0.5, 0.6) is 0 Å². The molecule has 2 bridgehead atoms. The van der Waals surface area contributed by atoms with Crippen LogP contribution in [0.1, 0.15) is 84.8 Å². The third kappa shape index (κ3) is 8.56. The van der Waals surface area contributed by atoms with E-state index >= 15 is 8.78 Å². The van der Waals surface area contributed by atoms with Crippen LogP contribution in [-0.2, 0) is 28.6 Å². The van der Waals surface area contributed by atoms with E-state index in [1.54, 1.807) is 4.90 Å². The highest BCUT2D eigenvalue weighted by Gasteiger charge is 2.36. The number of alkyl halides is 4. The number of likely N-dealkylation sites (tertiary alicyclic amines) is 1. The van der Waals surface area contributed by atoms with Crippen molar-refractivity contribution >= 4 is 11.9 Å². The molecule has 0 aliphatic carbocycles. The summed E-state index contributed by atoms with van der Waals surface area (Å²) in [7, 11) is 0. The average Bonchev–Trinajstić information content (AvgIpc) is 3.00. The number of aromatic nitrogens is 1. The van der Waals surface area contributed by atoms with Gasteiger partial charge in [-0.15, -0.1) is 0 Å². The Balaban J connectivity index is 1.59. The minimum atomic E-state index is -4.88. The summed E-state index contributed by atoms with van der Waals surface area (Å²) in [5, 5.41) is 12.3. The van der Waals surface area contributed by atoms with Crippen molar-refractivity contribution in [3.8, 4) is 11.1 Å². The number of carboxylic acids is 1. The van der Waals surface area contributed by atoms with E-state index < -0.39 is 71.3 Å². The standard InChI is InChI=1S/C36H38F7N3O4/c1-20-11-23-13-26(34(20)40)29(16-32(48)49)44-35(50)30(8-6-4-2-3-5-7-21-12-24(37)14-28(39)33(21)23)46-17-22(9-10-45-18-25(38)19-45)27(15-31(46)47)36(41,42)43/h11-15,17,25,29-30H,2-10,16,18-19H2,1H3,(H,44,50)(H,48,49)/t29-,30-/m0/s1. The Morgan fingerprint density at radius 3 is 2.36 bits per heavy atom. The van der Waals surface area contributed by atoms with Gasteiger partial charge in [0.1, 0.15) is 29.7 Å². The molecule has 2 atom stereocenters. The van der Waals surface area contributed by atoms with Crippen LogP contribution in [0, 0.1) is 24.4 Å². The van der Waals surface area contributed by atoms with Crippen LogP contribution in [0.3, 0.4) is 0 Å². The summed E-state index contributed by atoms with van der Waals surface area (Å²) in [5.41, 5.74) is -2.34. The molecule has 3 heterocycles. The molecular formula is C36H38F7N3O4. The van der Waals surface area contributed by atoms with Crippen molar-refractivity contribution in [1.82, 2.24) is 14.8 Å². The van der Waals surface area contributed by atoms with E-state index in [1.165, 1.54) is 25.1 Å². The molecule has 0 unspecified atom stereocenters. The highest BCUT2D eigenvalue weighted by molar-refractivity contribution is 5.82. The first-order chi connectivity index (χ1) is 23.6. The number of halogens is 7. The van der Waals surface area contributed by atoms with Gasteiger partial charge < -0.3 is 15.0 Å². The maximum Gasteiger partial charge on any atom is 0.416 e. The number of carbonyl (C=O) groups excluding carboxylic acids is 1. The lowest BCUT2D eigenvalue weighted by molar-refractivity contribution is -0.139. The lowest BCUT2D eigenvalue weighted by atomic mass is 9.90. The number of hydrogen-bond acceptors (Lipinski definition) is 4. The number of aryl methyl sites for hydroxylation is 2. The Kier molecular flexibility index (Phi) is 11.4. The fourth-order valence-electron chi connectivity index (χ4n) is 6.87. The fourth-order valence-corrected chi connectivity index (χ4v) is 6.87. The summed E-state index contributed by atoms with van der Waals surface area (Å²) in [6, 6.07) is 1.96. The molecule has 50 heavy (non-hydrogen) atoms. The summed E-state index contributed by atoms with van der Waals surface area (Å²) in [5.74, 6) is -4.90. The van der Waals surface area contributed by atoms with E-state index in [1.807, 2.05) is 0 Å². The Hall–Kier alpha value is -4.20. The van der Waals surface area contributed by atoms with Gasteiger partial charge in [0.05, 0.1) is 18.0 Å². The van der Waals surface area contributed by atoms with Gasteiger partial charge in [0.15, 0.2) is 0 Å². The predicted molar refractivity (Wildman–Crippen MR) is 171 cm³/mol. The van der Waals surface area contributed by atoms with Crippen LogP contribution in [0.15, 0.2) is 41.3 Å². The van der Waals surface area contributed by atoms with E-state index in [0.717, 1.165) is 10.8 Å². The van der Waals surface area contributed by atoms with Crippen molar-refractivity contribution in [2.24, 2.45) is 0 Å². The Morgan fingerprint density at radius 1 is 0.980 bits per heavy atom. The van der Waals surface area contributed by atoms with Gasteiger partial charge >= 0.3 is 12.1 Å². The number of hydrogen-bond donors (Lipinski definition) is 2. The minimum Gasteiger partial charge on any atom is -0.481 e. The summed E-state index contributed by atoms with van der Waals surface area (Å²) in [6.07, 6.45) is -2.98. The quantitative estimate of drug-likeness (QED) is 0.264. The molecule has 1 aromatic heterocycles. The number of aliphatic carboxylic acids is 1. The van der Waals surface area contributed by atoms with E-state index in [4.69, 9.17) is 0 Å². The van der Waals surface area contributed by atoms with Gasteiger partial charge in [-0.05, 0) is 73.1 Å². The van der Waals surface area contributed by atoms with Crippen molar-refractivity contribution in [1.29, 1.82) is 0 Å². The molecule has 1 fully saturated rings. The molecule has 0 spiro atoms. The van der Waals surface area contributed by atoms with Crippen LogP contribution in [0.25, 0.3) is 11.1 Å². The molecule has 3 aromatic rings. The van der Waals surface area contributed by atoms with Crippen molar-refractivity contribution in [3.63, 3.8) is 0 Å². The molecule has 7 nitrogen and oxygen atoms in total. The molecule has 0 radical (unpaired) electrons. The van der Waals surface area contributed by atoms with Crippen molar-refractivity contribution in [2.45, 2.75) is 89.1 Å². The molecule has 1 amide bonds. The normalized spacial score (nSPS) is 19.8. The van der Waals surface area contributed by atoms with Gasteiger partial charge in [-0.25, -0.2) is 17.6 Å². The van der Waals surface area contributed by atoms with Crippen molar-refractivity contribution in [3.05, 3.63) is 92.2 Å². The van der Waals surface area contributed by atoms with Crippen molar-refractivity contribution < 1.29 is 45.4 Å². The highest BCUT2D eigenvalue weighted by Crippen LogP contribution is 2.36. The molecule has 270 valence electrons. The zero-order chi connectivity index (χ0) is 36.3. The van der Waals surface area contributed by atoms with Gasteiger partial charge in [0, 0.05) is 49.1 Å². The molecule has 2 N–H and O–H groups in total.